The Labute approximate surface area is 109 Å². The second kappa shape index (κ2) is 5.41. The van der Waals surface area contributed by atoms with E-state index in [9.17, 15) is 8.42 Å². The summed E-state index contributed by atoms with van der Waals surface area (Å²) < 4.78 is 30.0. The Hall–Kier alpha value is -0.870. The average molecular weight is 268 g/mol. The van der Waals surface area contributed by atoms with Crippen LogP contribution in [0.4, 0.5) is 0 Å². The van der Waals surface area contributed by atoms with E-state index in [1.165, 1.54) is 0 Å². The lowest BCUT2D eigenvalue weighted by Gasteiger charge is -2.12. The first kappa shape index (κ1) is 13.6. The van der Waals surface area contributed by atoms with Gasteiger partial charge in [0.15, 0.2) is 9.84 Å². The molecule has 2 atom stereocenters. The smallest absolute Gasteiger partial charge is 0.180 e. The summed E-state index contributed by atoms with van der Waals surface area (Å²) in [6.07, 6.45) is 0.701. The van der Waals surface area contributed by atoms with E-state index >= 15 is 0 Å². The van der Waals surface area contributed by atoms with Gasteiger partial charge >= 0.3 is 0 Å². The summed E-state index contributed by atoms with van der Waals surface area (Å²) in [6, 6.07) is 8.60. The van der Waals surface area contributed by atoms with E-state index in [2.05, 4.69) is 13.8 Å². The fraction of sp³-hybridized carbons (Fsp3) is 0.571. The minimum Gasteiger partial charge on any atom is -0.377 e. The van der Waals surface area contributed by atoms with Gasteiger partial charge in [0.1, 0.15) is 0 Å². The molecule has 1 aliphatic heterocycles. The molecule has 3 nitrogen and oxygen atoms in total. The summed E-state index contributed by atoms with van der Waals surface area (Å²) in [7, 11) is -3.22. The zero-order valence-corrected chi connectivity index (χ0v) is 11.7. The van der Waals surface area contributed by atoms with Crippen LogP contribution in [0.1, 0.15) is 20.3 Å². The van der Waals surface area contributed by atoms with Crippen molar-refractivity contribution in [1.29, 1.82) is 0 Å². The number of sulfone groups is 1. The predicted octanol–water partition coefficient (Wildman–Crippen LogP) is 2.52. The van der Waals surface area contributed by atoms with E-state index in [0.717, 1.165) is 6.42 Å². The number of hydrogen-bond acceptors (Lipinski definition) is 3. The maximum atomic E-state index is 12.2. The van der Waals surface area contributed by atoms with Crippen LogP contribution >= 0.6 is 0 Å². The highest BCUT2D eigenvalue weighted by Crippen LogP contribution is 2.28. The van der Waals surface area contributed by atoms with Gasteiger partial charge in [-0.05, 0) is 30.4 Å². The number of hydrogen-bond donors (Lipinski definition) is 0. The quantitative estimate of drug-likeness (QED) is 0.842. The van der Waals surface area contributed by atoms with Gasteiger partial charge in [-0.3, -0.25) is 0 Å². The monoisotopic (exact) mass is 268 g/mol. The summed E-state index contributed by atoms with van der Waals surface area (Å²) in [4.78, 5) is 0.390. The van der Waals surface area contributed by atoms with Crippen molar-refractivity contribution < 1.29 is 13.2 Å². The van der Waals surface area contributed by atoms with Crippen molar-refractivity contribution in [2.45, 2.75) is 31.3 Å². The first-order chi connectivity index (χ1) is 8.49. The molecule has 0 saturated carbocycles. The van der Waals surface area contributed by atoms with Crippen LogP contribution in [0.5, 0.6) is 0 Å². The van der Waals surface area contributed by atoms with Gasteiger partial charge in [0.2, 0.25) is 0 Å². The lowest BCUT2D eigenvalue weighted by Crippen LogP contribution is -2.20. The molecule has 0 aromatic heterocycles. The van der Waals surface area contributed by atoms with Crippen LogP contribution in [-0.4, -0.2) is 26.9 Å². The van der Waals surface area contributed by atoms with Gasteiger partial charge in [-0.25, -0.2) is 8.42 Å². The molecule has 0 unspecified atom stereocenters. The van der Waals surface area contributed by atoms with Crippen LogP contribution in [0, 0.1) is 11.8 Å². The molecular weight excluding hydrogens is 248 g/mol. The highest BCUT2D eigenvalue weighted by atomic mass is 32.2. The van der Waals surface area contributed by atoms with Crippen molar-refractivity contribution in [1.82, 2.24) is 0 Å². The molecule has 0 amide bonds. The molecule has 1 fully saturated rings. The van der Waals surface area contributed by atoms with Crippen LogP contribution in [0.25, 0.3) is 0 Å². The largest absolute Gasteiger partial charge is 0.377 e. The van der Waals surface area contributed by atoms with Gasteiger partial charge in [-0.1, -0.05) is 32.0 Å². The third kappa shape index (κ3) is 3.12. The highest BCUT2D eigenvalue weighted by molar-refractivity contribution is 7.91. The maximum Gasteiger partial charge on any atom is 0.180 e. The number of ether oxygens (including phenoxy) is 1. The summed E-state index contributed by atoms with van der Waals surface area (Å²) in [5.41, 5.74) is 0. The Balaban J connectivity index is 2.03. The molecule has 18 heavy (non-hydrogen) atoms. The molecule has 1 aliphatic rings. The lowest BCUT2D eigenvalue weighted by atomic mass is 9.94. The predicted molar refractivity (Wildman–Crippen MR) is 71.2 cm³/mol. The average Bonchev–Trinajstić information content (AvgIpc) is 2.78. The molecule has 0 spiro atoms. The van der Waals surface area contributed by atoms with Crippen molar-refractivity contribution in [2.75, 3.05) is 12.4 Å². The van der Waals surface area contributed by atoms with Gasteiger partial charge < -0.3 is 4.74 Å². The van der Waals surface area contributed by atoms with Crippen molar-refractivity contribution in [3.63, 3.8) is 0 Å². The fourth-order valence-corrected chi connectivity index (χ4v) is 3.77. The molecule has 0 bridgehead atoms. The van der Waals surface area contributed by atoms with E-state index in [1.807, 2.05) is 6.07 Å². The summed E-state index contributed by atoms with van der Waals surface area (Å²) in [6.45, 7) is 5.00. The van der Waals surface area contributed by atoms with Gasteiger partial charge in [-0.2, -0.15) is 0 Å². The molecule has 2 rings (SSSR count). The highest BCUT2D eigenvalue weighted by Gasteiger charge is 2.31. The molecule has 0 radical (unpaired) electrons. The van der Waals surface area contributed by atoms with Crippen LogP contribution in [0.3, 0.4) is 0 Å². The molecule has 4 heteroatoms. The van der Waals surface area contributed by atoms with Gasteiger partial charge in [-0.15, -0.1) is 0 Å². The summed E-state index contributed by atoms with van der Waals surface area (Å²) >= 11 is 0. The maximum absolute atomic E-state index is 12.2. The second-order valence-corrected chi connectivity index (χ2v) is 7.32. The van der Waals surface area contributed by atoms with E-state index in [4.69, 9.17) is 4.74 Å². The van der Waals surface area contributed by atoms with Crippen molar-refractivity contribution in [2.24, 2.45) is 11.8 Å². The normalized spacial score (nSPS) is 24.6. The first-order valence-corrected chi connectivity index (χ1v) is 8.03. The van der Waals surface area contributed by atoms with Crippen molar-refractivity contribution in [3.8, 4) is 0 Å². The van der Waals surface area contributed by atoms with Crippen LogP contribution in [0.15, 0.2) is 35.2 Å². The summed E-state index contributed by atoms with van der Waals surface area (Å²) in [5, 5.41) is 0. The zero-order chi connectivity index (χ0) is 13.2. The van der Waals surface area contributed by atoms with Crippen LogP contribution in [0.2, 0.25) is 0 Å². The minimum atomic E-state index is -3.22. The Kier molecular flexibility index (Phi) is 4.07. The lowest BCUT2D eigenvalue weighted by molar-refractivity contribution is 0.118. The Morgan fingerprint density at radius 1 is 1.28 bits per heavy atom. The fourth-order valence-electron chi connectivity index (χ4n) is 2.28. The van der Waals surface area contributed by atoms with Crippen LogP contribution < -0.4 is 0 Å². The van der Waals surface area contributed by atoms with Gasteiger partial charge in [0.05, 0.1) is 23.4 Å². The molecule has 0 aliphatic carbocycles. The Morgan fingerprint density at radius 2 is 1.94 bits per heavy atom. The number of benzene rings is 1. The third-order valence-corrected chi connectivity index (χ3v) is 5.36. The Bertz CT molecular complexity index is 479. The molecule has 100 valence electrons. The van der Waals surface area contributed by atoms with E-state index in [0.29, 0.717) is 23.3 Å². The Morgan fingerprint density at radius 3 is 2.50 bits per heavy atom. The molecular formula is C14H20O3S. The molecule has 1 saturated heterocycles. The summed E-state index contributed by atoms with van der Waals surface area (Å²) in [5.74, 6) is 1.13. The molecule has 1 aromatic rings. The standard InChI is InChI=1S/C14H20O3S/c1-11(2)12-8-13(17-9-12)10-18(15,16)14-6-4-3-5-7-14/h3-7,11-13H,8-10H2,1-2H3/t12-,13-/m0/s1. The van der Waals surface area contributed by atoms with Gasteiger partial charge in [0.25, 0.3) is 0 Å². The van der Waals surface area contributed by atoms with Crippen LogP contribution in [-0.2, 0) is 14.6 Å². The van der Waals surface area contributed by atoms with E-state index in [-0.39, 0.29) is 11.9 Å². The molecule has 1 heterocycles. The third-order valence-electron chi connectivity index (χ3n) is 3.56. The van der Waals surface area contributed by atoms with Crippen molar-refractivity contribution in [3.05, 3.63) is 30.3 Å². The SMILES string of the molecule is CC(C)[C@@H]1CO[C@H](CS(=O)(=O)c2ccccc2)C1. The van der Waals surface area contributed by atoms with Crippen molar-refractivity contribution >= 4 is 9.84 Å². The van der Waals surface area contributed by atoms with E-state index in [1.54, 1.807) is 24.3 Å². The van der Waals surface area contributed by atoms with Gasteiger partial charge in [0, 0.05) is 0 Å². The zero-order valence-electron chi connectivity index (χ0n) is 10.9. The van der Waals surface area contributed by atoms with E-state index < -0.39 is 9.84 Å². The topological polar surface area (TPSA) is 43.4 Å². The first-order valence-electron chi connectivity index (χ1n) is 6.38. The number of rotatable bonds is 4. The molecule has 0 N–H and O–H groups in total. The molecule has 1 aromatic carbocycles. The second-order valence-electron chi connectivity index (χ2n) is 5.29. The minimum absolute atomic E-state index is 0.0975.